The summed E-state index contributed by atoms with van der Waals surface area (Å²) in [7, 11) is 0. The van der Waals surface area contributed by atoms with E-state index >= 15 is 0 Å². The first-order valence-electron chi connectivity index (χ1n) is 11.5. The van der Waals surface area contributed by atoms with Crippen LogP contribution in [0.3, 0.4) is 0 Å². The van der Waals surface area contributed by atoms with Crippen LogP contribution in [-0.4, -0.2) is 49.3 Å². The minimum atomic E-state index is -0.0872. The van der Waals surface area contributed by atoms with Crippen LogP contribution >= 0.6 is 11.8 Å². The maximum absolute atomic E-state index is 13.1. The molecule has 2 aromatic heterocycles. The summed E-state index contributed by atoms with van der Waals surface area (Å²) in [4.78, 5) is 37.4. The number of thioether (sulfide) groups is 1. The lowest BCUT2D eigenvalue weighted by Gasteiger charge is -2.33. The van der Waals surface area contributed by atoms with Gasteiger partial charge in [-0.2, -0.15) is 4.98 Å². The van der Waals surface area contributed by atoms with Crippen LogP contribution in [0.2, 0.25) is 0 Å². The van der Waals surface area contributed by atoms with Crippen molar-refractivity contribution in [1.82, 2.24) is 24.6 Å². The first-order chi connectivity index (χ1) is 15.2. The van der Waals surface area contributed by atoms with Crippen molar-refractivity contribution in [2.45, 2.75) is 74.9 Å². The van der Waals surface area contributed by atoms with E-state index in [1.807, 2.05) is 4.90 Å². The molecule has 2 atom stereocenters. The molecule has 2 aliphatic carbocycles. The molecule has 0 bridgehead atoms. The van der Waals surface area contributed by atoms with Crippen LogP contribution in [0.4, 0.5) is 0 Å². The van der Waals surface area contributed by atoms with E-state index in [4.69, 9.17) is 9.51 Å². The number of amides is 1. The Hall–Kier alpha value is -2.16. The number of aryl methyl sites for hydroxylation is 1. The minimum Gasteiger partial charge on any atom is -0.342 e. The largest absolute Gasteiger partial charge is 0.342 e. The maximum atomic E-state index is 13.1. The lowest BCUT2D eigenvalue weighted by Crippen LogP contribution is -2.42. The highest BCUT2D eigenvalue weighted by molar-refractivity contribution is 7.99. The third-order valence-electron chi connectivity index (χ3n) is 7.04. The molecule has 0 N–H and O–H groups in total. The van der Waals surface area contributed by atoms with Crippen molar-refractivity contribution in [3.63, 3.8) is 0 Å². The van der Waals surface area contributed by atoms with E-state index in [1.165, 1.54) is 0 Å². The third kappa shape index (κ3) is 3.70. The lowest BCUT2D eigenvalue weighted by molar-refractivity contribution is -0.133. The monoisotopic (exact) mass is 441 g/mol. The van der Waals surface area contributed by atoms with Crippen LogP contribution in [0, 0.1) is 5.92 Å². The Bertz CT molecular complexity index is 1080. The molecule has 4 aliphatic rings. The Morgan fingerprint density at radius 1 is 1.16 bits per heavy atom. The molecule has 6 rings (SSSR count). The zero-order valence-electron chi connectivity index (χ0n) is 17.6. The van der Waals surface area contributed by atoms with Gasteiger partial charge in [-0.15, -0.1) is 0 Å². The molecule has 31 heavy (non-hydrogen) atoms. The average molecular weight is 442 g/mol. The molecule has 0 radical (unpaired) electrons. The number of piperidine rings is 1. The fourth-order valence-electron chi connectivity index (χ4n) is 5.20. The molecule has 2 aliphatic heterocycles. The Balaban J connectivity index is 1.11. The van der Waals surface area contributed by atoms with Gasteiger partial charge in [0.1, 0.15) is 0 Å². The normalized spacial score (nSPS) is 25.0. The number of rotatable bonds is 5. The van der Waals surface area contributed by atoms with Crippen LogP contribution in [0.25, 0.3) is 0 Å². The number of aromatic nitrogens is 4. The van der Waals surface area contributed by atoms with Gasteiger partial charge in [0, 0.05) is 43.2 Å². The van der Waals surface area contributed by atoms with E-state index in [0.717, 1.165) is 92.4 Å². The Morgan fingerprint density at radius 3 is 2.94 bits per heavy atom. The molecule has 2 unspecified atom stereocenters. The number of carbonyl (C=O) groups is 1. The number of fused-ring (bicyclic) bond motifs is 2. The van der Waals surface area contributed by atoms with Crippen molar-refractivity contribution in [2.75, 3.05) is 18.8 Å². The van der Waals surface area contributed by atoms with E-state index in [1.54, 1.807) is 16.3 Å². The zero-order valence-corrected chi connectivity index (χ0v) is 18.4. The van der Waals surface area contributed by atoms with Gasteiger partial charge in [0.25, 0.3) is 5.56 Å². The molecule has 1 saturated heterocycles. The van der Waals surface area contributed by atoms with Crippen molar-refractivity contribution in [3.8, 4) is 0 Å². The minimum absolute atomic E-state index is 0.0830. The van der Waals surface area contributed by atoms with E-state index in [0.29, 0.717) is 24.1 Å². The molecule has 0 spiro atoms. The quantitative estimate of drug-likeness (QED) is 0.658. The predicted octanol–water partition coefficient (Wildman–Crippen LogP) is 2.51. The van der Waals surface area contributed by atoms with Crippen LogP contribution in [0.15, 0.2) is 14.5 Å². The van der Waals surface area contributed by atoms with Crippen molar-refractivity contribution in [1.29, 1.82) is 0 Å². The number of nitrogens with zero attached hydrogens (tertiary/aromatic N) is 5. The van der Waals surface area contributed by atoms with Crippen molar-refractivity contribution in [2.24, 2.45) is 5.92 Å². The summed E-state index contributed by atoms with van der Waals surface area (Å²) in [6, 6.07) is -0.0872. The highest BCUT2D eigenvalue weighted by Crippen LogP contribution is 2.38. The van der Waals surface area contributed by atoms with Gasteiger partial charge in [0.15, 0.2) is 11.0 Å². The van der Waals surface area contributed by atoms with E-state index < -0.39 is 0 Å². The molecule has 2 fully saturated rings. The summed E-state index contributed by atoms with van der Waals surface area (Å²) in [6.45, 7) is 1.51. The smallest absolute Gasteiger partial charge is 0.257 e. The molecule has 2 aromatic rings. The summed E-state index contributed by atoms with van der Waals surface area (Å²) in [5, 5.41) is 4.91. The Labute approximate surface area is 184 Å². The van der Waals surface area contributed by atoms with Crippen molar-refractivity contribution in [3.05, 3.63) is 33.3 Å². The second-order valence-corrected chi connectivity index (χ2v) is 10.4. The molecule has 8 nitrogen and oxygen atoms in total. The van der Waals surface area contributed by atoms with Crippen LogP contribution in [0.5, 0.6) is 0 Å². The summed E-state index contributed by atoms with van der Waals surface area (Å²) in [6.07, 6.45) is 8.23. The van der Waals surface area contributed by atoms with Gasteiger partial charge in [0.05, 0.1) is 11.7 Å². The van der Waals surface area contributed by atoms with Gasteiger partial charge in [0.2, 0.25) is 11.8 Å². The second kappa shape index (κ2) is 7.76. The summed E-state index contributed by atoms with van der Waals surface area (Å²) >= 11 is 1.61. The molecule has 1 saturated carbocycles. The summed E-state index contributed by atoms with van der Waals surface area (Å²) < 4.78 is 7.25. The van der Waals surface area contributed by atoms with Crippen LogP contribution in [-0.2, 0) is 24.1 Å². The molecule has 0 aromatic carbocycles. The predicted molar refractivity (Wildman–Crippen MR) is 114 cm³/mol. The standard InChI is InChI=1S/C22H27N5O3S/c28-19(10-15-12-31-22-23-17-5-1-4-16(17)21(29)27(15)22)26-8-2-3-13(11-26)9-18-24-20(25-30-18)14-6-7-14/h13-15H,1-12H2. The SMILES string of the molecule is O=C(CC1CSc2nc3c(c(=O)n21)CCC3)N1CCCC(Cc2nc(C3CC3)no2)C1. The van der Waals surface area contributed by atoms with Gasteiger partial charge < -0.3 is 9.42 Å². The average Bonchev–Trinajstić information content (AvgIpc) is 3.15. The highest BCUT2D eigenvalue weighted by Gasteiger charge is 2.34. The molecular weight excluding hydrogens is 414 g/mol. The zero-order chi connectivity index (χ0) is 20.9. The van der Waals surface area contributed by atoms with E-state index in [9.17, 15) is 9.59 Å². The van der Waals surface area contributed by atoms with Crippen molar-refractivity contribution >= 4 is 17.7 Å². The number of carbonyl (C=O) groups excluding carboxylic acids is 1. The van der Waals surface area contributed by atoms with E-state index in [2.05, 4.69) is 10.1 Å². The van der Waals surface area contributed by atoms with Gasteiger partial charge in [-0.1, -0.05) is 16.9 Å². The van der Waals surface area contributed by atoms with Gasteiger partial charge in [-0.3, -0.25) is 14.2 Å². The highest BCUT2D eigenvalue weighted by atomic mass is 32.2. The molecular formula is C22H27N5O3S. The van der Waals surface area contributed by atoms with Crippen LogP contribution in [0.1, 0.15) is 73.5 Å². The Kier molecular flexibility index (Phi) is 4.89. The Morgan fingerprint density at radius 2 is 2.06 bits per heavy atom. The van der Waals surface area contributed by atoms with Gasteiger partial charge >= 0.3 is 0 Å². The topological polar surface area (TPSA) is 94.1 Å². The lowest BCUT2D eigenvalue weighted by atomic mass is 9.94. The molecule has 164 valence electrons. The molecule has 1 amide bonds. The number of hydrogen-bond donors (Lipinski definition) is 0. The van der Waals surface area contributed by atoms with Gasteiger partial charge in [-0.25, -0.2) is 4.98 Å². The third-order valence-corrected chi connectivity index (χ3v) is 8.14. The fraction of sp³-hybridized carbons (Fsp3) is 0.682. The van der Waals surface area contributed by atoms with Crippen molar-refractivity contribution < 1.29 is 9.32 Å². The first-order valence-corrected chi connectivity index (χ1v) is 12.5. The maximum Gasteiger partial charge on any atom is 0.257 e. The van der Waals surface area contributed by atoms with Crippen LogP contribution < -0.4 is 5.56 Å². The second-order valence-electron chi connectivity index (χ2n) is 9.39. The number of likely N-dealkylation sites (tertiary alicyclic amines) is 1. The summed E-state index contributed by atoms with van der Waals surface area (Å²) in [5.41, 5.74) is 1.92. The van der Waals surface area contributed by atoms with Gasteiger partial charge in [-0.05, 0) is 50.9 Å². The van der Waals surface area contributed by atoms with E-state index in [-0.39, 0.29) is 17.5 Å². The fourth-order valence-corrected chi connectivity index (χ4v) is 6.35. The molecule has 4 heterocycles. The molecule has 9 heteroatoms. The first kappa shape index (κ1) is 19.5. The number of hydrogen-bond acceptors (Lipinski definition) is 7. The summed E-state index contributed by atoms with van der Waals surface area (Å²) in [5.74, 6) is 3.28.